The highest BCUT2D eigenvalue weighted by atomic mass is 16.5. The molecule has 0 aliphatic carbocycles. The molecular formula is C10H16N2O2. The van der Waals surface area contributed by atoms with Crippen molar-refractivity contribution in [3.63, 3.8) is 0 Å². The van der Waals surface area contributed by atoms with Crippen LogP contribution in [0.3, 0.4) is 0 Å². The summed E-state index contributed by atoms with van der Waals surface area (Å²) in [6.45, 7) is 4.09. The highest BCUT2D eigenvalue weighted by molar-refractivity contribution is 5.89. The van der Waals surface area contributed by atoms with E-state index in [9.17, 15) is 4.79 Å². The zero-order valence-corrected chi connectivity index (χ0v) is 8.78. The van der Waals surface area contributed by atoms with E-state index in [0.29, 0.717) is 11.4 Å². The van der Waals surface area contributed by atoms with Gasteiger partial charge in [-0.15, -0.1) is 0 Å². The maximum atomic E-state index is 11.4. The Morgan fingerprint density at radius 2 is 2.36 bits per heavy atom. The van der Waals surface area contributed by atoms with Crippen LogP contribution in [0.5, 0.6) is 0 Å². The van der Waals surface area contributed by atoms with Crippen LogP contribution in [0.25, 0.3) is 0 Å². The monoisotopic (exact) mass is 196 g/mol. The van der Waals surface area contributed by atoms with E-state index in [2.05, 4.69) is 11.7 Å². The number of hydrogen-bond donors (Lipinski definition) is 1. The summed E-state index contributed by atoms with van der Waals surface area (Å²) in [6, 6.07) is 1.89. The number of methoxy groups -OCH3 is 1. The van der Waals surface area contributed by atoms with Gasteiger partial charge in [0, 0.05) is 12.2 Å². The van der Waals surface area contributed by atoms with Gasteiger partial charge in [0.15, 0.2) is 0 Å². The molecule has 1 unspecified atom stereocenters. The number of hydrogen-bond acceptors (Lipinski definition) is 3. The highest BCUT2D eigenvalue weighted by Gasteiger charge is 2.15. The molecule has 0 aliphatic rings. The molecule has 0 aromatic carbocycles. The number of nitrogens with two attached hydrogens (primary N) is 1. The maximum Gasteiger partial charge on any atom is 0.354 e. The van der Waals surface area contributed by atoms with Gasteiger partial charge in [0.25, 0.3) is 0 Å². The van der Waals surface area contributed by atoms with Gasteiger partial charge in [-0.05, 0) is 19.4 Å². The van der Waals surface area contributed by atoms with Crippen LogP contribution in [0.4, 0.5) is 5.69 Å². The summed E-state index contributed by atoms with van der Waals surface area (Å²) in [6.07, 6.45) is 2.71. The van der Waals surface area contributed by atoms with Gasteiger partial charge < -0.3 is 15.0 Å². The van der Waals surface area contributed by atoms with E-state index in [1.54, 1.807) is 12.3 Å². The molecule has 14 heavy (non-hydrogen) atoms. The lowest BCUT2D eigenvalue weighted by molar-refractivity contribution is 0.0586. The molecule has 1 atom stereocenters. The van der Waals surface area contributed by atoms with E-state index < -0.39 is 0 Å². The number of nitrogens with zero attached hydrogens (tertiary/aromatic N) is 1. The summed E-state index contributed by atoms with van der Waals surface area (Å²) in [5.74, 6) is -0.345. The Morgan fingerprint density at radius 1 is 1.71 bits per heavy atom. The van der Waals surface area contributed by atoms with Crippen molar-refractivity contribution in [2.75, 3.05) is 12.8 Å². The minimum Gasteiger partial charge on any atom is -0.464 e. The van der Waals surface area contributed by atoms with Crippen LogP contribution >= 0.6 is 0 Å². The normalized spacial score (nSPS) is 12.5. The first-order chi connectivity index (χ1) is 6.60. The number of rotatable bonds is 3. The predicted molar refractivity (Wildman–Crippen MR) is 55.2 cm³/mol. The molecule has 0 saturated heterocycles. The van der Waals surface area contributed by atoms with Gasteiger partial charge in [0.1, 0.15) is 5.69 Å². The zero-order valence-electron chi connectivity index (χ0n) is 8.78. The fraction of sp³-hybridized carbons (Fsp3) is 0.500. The maximum absolute atomic E-state index is 11.4. The van der Waals surface area contributed by atoms with Crippen molar-refractivity contribution in [1.82, 2.24) is 4.57 Å². The molecule has 2 N–H and O–H groups in total. The Labute approximate surface area is 83.7 Å². The van der Waals surface area contributed by atoms with E-state index in [-0.39, 0.29) is 12.0 Å². The van der Waals surface area contributed by atoms with Crippen molar-refractivity contribution in [3.8, 4) is 0 Å². The van der Waals surface area contributed by atoms with Crippen LogP contribution in [0, 0.1) is 0 Å². The van der Waals surface area contributed by atoms with Crippen LogP contribution in [-0.4, -0.2) is 17.6 Å². The van der Waals surface area contributed by atoms with Crippen LogP contribution in [-0.2, 0) is 4.74 Å². The summed E-state index contributed by atoms with van der Waals surface area (Å²) in [4.78, 5) is 11.4. The number of carbonyl (C=O) groups is 1. The molecule has 0 bridgehead atoms. The third-order valence-corrected chi connectivity index (χ3v) is 2.33. The van der Waals surface area contributed by atoms with Crippen LogP contribution in [0.1, 0.15) is 36.8 Å². The SMILES string of the molecule is CCC(C)n1cc(N)cc1C(=O)OC. The number of esters is 1. The Bertz CT molecular complexity index is 331. The van der Waals surface area contributed by atoms with Crippen molar-refractivity contribution in [2.45, 2.75) is 26.3 Å². The average molecular weight is 196 g/mol. The summed E-state index contributed by atoms with van der Waals surface area (Å²) in [5, 5.41) is 0. The second-order valence-corrected chi connectivity index (χ2v) is 3.31. The largest absolute Gasteiger partial charge is 0.464 e. The molecule has 0 saturated carbocycles. The first-order valence-corrected chi connectivity index (χ1v) is 4.65. The van der Waals surface area contributed by atoms with Gasteiger partial charge in [0.2, 0.25) is 0 Å². The predicted octanol–water partition coefficient (Wildman–Crippen LogP) is 1.83. The molecule has 1 aromatic heterocycles. The van der Waals surface area contributed by atoms with E-state index in [4.69, 9.17) is 5.73 Å². The van der Waals surface area contributed by atoms with Gasteiger partial charge in [-0.25, -0.2) is 4.79 Å². The van der Waals surface area contributed by atoms with Crippen LogP contribution in [0.15, 0.2) is 12.3 Å². The van der Waals surface area contributed by atoms with Gasteiger partial charge >= 0.3 is 5.97 Å². The van der Waals surface area contributed by atoms with Crippen molar-refractivity contribution in [3.05, 3.63) is 18.0 Å². The van der Waals surface area contributed by atoms with Crippen LogP contribution in [0.2, 0.25) is 0 Å². The third kappa shape index (κ3) is 1.89. The molecular weight excluding hydrogens is 180 g/mol. The molecule has 0 radical (unpaired) electrons. The second-order valence-electron chi connectivity index (χ2n) is 3.31. The van der Waals surface area contributed by atoms with Gasteiger partial charge in [-0.2, -0.15) is 0 Å². The molecule has 78 valence electrons. The molecule has 0 fully saturated rings. The van der Waals surface area contributed by atoms with E-state index in [1.807, 2.05) is 11.5 Å². The Balaban J connectivity index is 3.08. The van der Waals surface area contributed by atoms with Crippen molar-refractivity contribution >= 4 is 11.7 Å². The minimum atomic E-state index is -0.345. The number of anilines is 1. The van der Waals surface area contributed by atoms with E-state index in [1.165, 1.54) is 7.11 Å². The van der Waals surface area contributed by atoms with E-state index >= 15 is 0 Å². The number of nitrogen functional groups attached to an aromatic ring is 1. The zero-order chi connectivity index (χ0) is 10.7. The van der Waals surface area contributed by atoms with Gasteiger partial charge in [-0.3, -0.25) is 0 Å². The smallest absolute Gasteiger partial charge is 0.354 e. The number of aromatic nitrogens is 1. The molecule has 0 amide bonds. The lowest BCUT2D eigenvalue weighted by atomic mass is 10.2. The summed E-state index contributed by atoms with van der Waals surface area (Å²) in [5.41, 5.74) is 6.74. The first kappa shape index (κ1) is 10.6. The van der Waals surface area contributed by atoms with Crippen molar-refractivity contribution < 1.29 is 9.53 Å². The number of ether oxygens (including phenoxy) is 1. The summed E-state index contributed by atoms with van der Waals surface area (Å²) in [7, 11) is 1.37. The Hall–Kier alpha value is -1.45. The lowest BCUT2D eigenvalue weighted by Crippen LogP contribution is -2.12. The fourth-order valence-electron chi connectivity index (χ4n) is 1.33. The fourth-order valence-corrected chi connectivity index (χ4v) is 1.33. The molecule has 1 heterocycles. The first-order valence-electron chi connectivity index (χ1n) is 4.65. The molecule has 1 rings (SSSR count). The Morgan fingerprint density at radius 3 is 2.86 bits per heavy atom. The summed E-state index contributed by atoms with van der Waals surface area (Å²) >= 11 is 0. The lowest BCUT2D eigenvalue weighted by Gasteiger charge is -2.13. The third-order valence-electron chi connectivity index (χ3n) is 2.33. The number of carbonyl (C=O) groups excluding carboxylic acids is 1. The molecule has 4 heteroatoms. The Kier molecular flexibility index (Phi) is 3.17. The summed E-state index contributed by atoms with van der Waals surface area (Å²) < 4.78 is 6.52. The van der Waals surface area contributed by atoms with Gasteiger partial charge in [0.05, 0.1) is 12.8 Å². The topological polar surface area (TPSA) is 57.2 Å². The molecule has 0 aliphatic heterocycles. The van der Waals surface area contributed by atoms with Crippen LogP contribution < -0.4 is 5.73 Å². The van der Waals surface area contributed by atoms with Gasteiger partial charge in [-0.1, -0.05) is 6.92 Å². The molecule has 1 aromatic rings. The van der Waals surface area contributed by atoms with Crippen molar-refractivity contribution in [1.29, 1.82) is 0 Å². The second kappa shape index (κ2) is 4.17. The van der Waals surface area contributed by atoms with E-state index in [0.717, 1.165) is 6.42 Å². The van der Waals surface area contributed by atoms with Crippen molar-refractivity contribution in [2.24, 2.45) is 0 Å². The molecule has 4 nitrogen and oxygen atoms in total. The minimum absolute atomic E-state index is 0.251. The standard InChI is InChI=1S/C10H16N2O2/c1-4-7(2)12-6-8(11)5-9(12)10(13)14-3/h5-7H,4,11H2,1-3H3. The highest BCUT2D eigenvalue weighted by Crippen LogP contribution is 2.19. The quantitative estimate of drug-likeness (QED) is 0.750. The molecule has 0 spiro atoms. The average Bonchev–Trinajstić information content (AvgIpc) is 2.58.